The molecule has 0 fully saturated rings. The lowest BCUT2D eigenvalue weighted by Gasteiger charge is -2.21. The van der Waals surface area contributed by atoms with Crippen LogP contribution in [0.5, 0.6) is 0 Å². The molecule has 0 rings (SSSR count). The number of aliphatic hydroxyl groups excluding tert-OH is 3. The van der Waals surface area contributed by atoms with Gasteiger partial charge in [-0.1, -0.05) is 257 Å². The van der Waals surface area contributed by atoms with Crippen LogP contribution < -0.4 is 5.32 Å². The quantitative estimate of drug-likeness (QED) is 0.0367. The Morgan fingerprint density at radius 2 is 0.759 bits per heavy atom. The monoisotopic (exact) mass is 764 g/mol. The third kappa shape index (κ3) is 40.7. The summed E-state index contributed by atoms with van der Waals surface area (Å²) in [5, 5.41) is 33.2. The van der Waals surface area contributed by atoms with Gasteiger partial charge in [0.05, 0.1) is 31.3 Å². The first-order chi connectivity index (χ1) is 26.5. The predicted octanol–water partition coefficient (Wildman–Crippen LogP) is 14.4. The second-order valence-electron chi connectivity index (χ2n) is 17.1. The second-order valence-corrected chi connectivity index (χ2v) is 17.1. The molecule has 0 saturated heterocycles. The molecule has 4 N–H and O–H groups in total. The van der Waals surface area contributed by atoms with E-state index >= 15 is 0 Å². The molecule has 3 unspecified atom stereocenters. The highest BCUT2D eigenvalue weighted by atomic mass is 16.3. The average Bonchev–Trinajstić information content (AvgIpc) is 3.16. The zero-order valence-electron chi connectivity index (χ0n) is 36.6. The maximum atomic E-state index is 12.4. The van der Waals surface area contributed by atoms with Crippen LogP contribution in [0, 0.1) is 0 Å². The number of nitrogens with one attached hydrogen (secondary N) is 1. The molecule has 3 atom stereocenters. The lowest BCUT2D eigenvalue weighted by atomic mass is 10.0. The molecule has 0 aromatic carbocycles. The molecule has 0 heterocycles. The van der Waals surface area contributed by atoms with Gasteiger partial charge in [-0.25, -0.2) is 0 Å². The van der Waals surface area contributed by atoms with Crippen molar-refractivity contribution in [2.24, 2.45) is 0 Å². The van der Waals surface area contributed by atoms with Gasteiger partial charge in [-0.05, 0) is 19.3 Å². The number of rotatable bonds is 45. The number of allylic oxidation sites excluding steroid dienone is 1. The summed E-state index contributed by atoms with van der Waals surface area (Å²) in [5.74, 6) is -0.312. The molecular weight excluding hydrogens is 667 g/mol. The van der Waals surface area contributed by atoms with E-state index < -0.39 is 18.2 Å². The number of hydrogen-bond donors (Lipinski definition) is 4. The lowest BCUT2D eigenvalue weighted by molar-refractivity contribution is -0.124. The second kappa shape index (κ2) is 44.8. The van der Waals surface area contributed by atoms with Crippen LogP contribution in [0.2, 0.25) is 0 Å². The van der Waals surface area contributed by atoms with E-state index in [-0.39, 0.29) is 18.9 Å². The lowest BCUT2D eigenvalue weighted by Crippen LogP contribution is -2.45. The molecule has 1 amide bonds. The van der Waals surface area contributed by atoms with Crippen LogP contribution in [-0.4, -0.2) is 46.1 Å². The van der Waals surface area contributed by atoms with Crippen LogP contribution in [0.15, 0.2) is 12.2 Å². The SMILES string of the molecule is CCCCCCCCCCC/C=C/C(O)C(CO)NC(=O)CC(O)CCCCCCCCCCCCCCCCCCCCCCCCCCCCCC. The van der Waals surface area contributed by atoms with Gasteiger partial charge in [0, 0.05) is 0 Å². The Morgan fingerprint density at radius 3 is 1.07 bits per heavy atom. The fourth-order valence-corrected chi connectivity index (χ4v) is 7.81. The van der Waals surface area contributed by atoms with Crippen LogP contribution in [0.1, 0.15) is 271 Å². The summed E-state index contributed by atoms with van der Waals surface area (Å²) < 4.78 is 0. The van der Waals surface area contributed by atoms with Gasteiger partial charge in [-0.2, -0.15) is 0 Å². The molecule has 0 aliphatic carbocycles. The highest BCUT2D eigenvalue weighted by Crippen LogP contribution is 2.17. The predicted molar refractivity (Wildman–Crippen MR) is 236 cm³/mol. The molecule has 0 aromatic heterocycles. The normalized spacial score (nSPS) is 13.5. The molecule has 0 aliphatic heterocycles. The summed E-state index contributed by atoms with van der Waals surface area (Å²) in [6.45, 7) is 4.22. The standard InChI is InChI=1S/C49H97NO4/c1-3-5-7-9-11-13-15-16-17-18-19-20-21-22-23-24-25-26-27-28-29-30-31-33-34-36-38-40-42-46(52)44-49(54)50-47(45-51)48(53)43-41-39-37-35-32-14-12-10-8-6-4-2/h41,43,46-48,51-53H,3-40,42,44-45H2,1-2H3,(H,50,54)/b43-41+. The maximum absolute atomic E-state index is 12.4. The minimum atomic E-state index is -0.923. The molecule has 0 aromatic rings. The van der Waals surface area contributed by atoms with Crippen molar-refractivity contribution >= 4 is 5.91 Å². The van der Waals surface area contributed by atoms with Gasteiger partial charge in [-0.15, -0.1) is 0 Å². The van der Waals surface area contributed by atoms with Crippen molar-refractivity contribution in [1.82, 2.24) is 5.32 Å². The van der Waals surface area contributed by atoms with E-state index in [1.807, 2.05) is 6.08 Å². The summed E-state index contributed by atoms with van der Waals surface area (Å²) in [4.78, 5) is 12.4. The van der Waals surface area contributed by atoms with Crippen molar-refractivity contribution in [3.05, 3.63) is 12.2 Å². The number of carbonyl (C=O) groups excluding carboxylic acids is 1. The smallest absolute Gasteiger partial charge is 0.222 e. The van der Waals surface area contributed by atoms with E-state index in [0.717, 1.165) is 25.7 Å². The van der Waals surface area contributed by atoms with Crippen LogP contribution >= 0.6 is 0 Å². The van der Waals surface area contributed by atoms with Crippen LogP contribution in [0.4, 0.5) is 0 Å². The van der Waals surface area contributed by atoms with Crippen LogP contribution in [-0.2, 0) is 4.79 Å². The number of amides is 1. The molecule has 0 spiro atoms. The zero-order chi connectivity index (χ0) is 39.4. The molecule has 0 radical (unpaired) electrons. The van der Waals surface area contributed by atoms with Crippen molar-refractivity contribution in [3.63, 3.8) is 0 Å². The van der Waals surface area contributed by atoms with Gasteiger partial charge in [0.15, 0.2) is 0 Å². The molecule has 5 heteroatoms. The summed E-state index contributed by atoms with van der Waals surface area (Å²) in [6, 6.07) is -0.738. The largest absolute Gasteiger partial charge is 0.394 e. The highest BCUT2D eigenvalue weighted by Gasteiger charge is 2.20. The topological polar surface area (TPSA) is 89.8 Å². The van der Waals surface area contributed by atoms with E-state index in [1.54, 1.807) is 6.08 Å². The van der Waals surface area contributed by atoms with Gasteiger partial charge >= 0.3 is 0 Å². The van der Waals surface area contributed by atoms with Crippen LogP contribution in [0.25, 0.3) is 0 Å². The summed E-state index contributed by atoms with van der Waals surface area (Å²) in [5.41, 5.74) is 0. The van der Waals surface area contributed by atoms with Gasteiger partial charge in [0.25, 0.3) is 0 Å². The van der Waals surface area contributed by atoms with Gasteiger partial charge in [0.2, 0.25) is 5.91 Å². The fourth-order valence-electron chi connectivity index (χ4n) is 7.81. The van der Waals surface area contributed by atoms with Crippen molar-refractivity contribution in [3.8, 4) is 0 Å². The Hall–Kier alpha value is -0.910. The molecule has 54 heavy (non-hydrogen) atoms. The van der Waals surface area contributed by atoms with Crippen molar-refractivity contribution in [2.75, 3.05) is 6.61 Å². The molecule has 0 aliphatic rings. The van der Waals surface area contributed by atoms with E-state index in [2.05, 4.69) is 19.2 Å². The van der Waals surface area contributed by atoms with Gasteiger partial charge in [0.1, 0.15) is 0 Å². The van der Waals surface area contributed by atoms with Crippen molar-refractivity contribution in [1.29, 1.82) is 0 Å². The van der Waals surface area contributed by atoms with Crippen molar-refractivity contribution < 1.29 is 20.1 Å². The number of carbonyl (C=O) groups is 1. The molecule has 322 valence electrons. The number of aliphatic hydroxyl groups is 3. The minimum absolute atomic E-state index is 0.0187. The number of hydrogen-bond acceptors (Lipinski definition) is 4. The molecule has 0 saturated carbocycles. The summed E-state index contributed by atoms with van der Waals surface area (Å²) in [7, 11) is 0. The Bertz CT molecular complexity index is 758. The third-order valence-electron chi connectivity index (χ3n) is 11.6. The summed E-state index contributed by atoms with van der Waals surface area (Å²) >= 11 is 0. The first-order valence-corrected chi connectivity index (χ1v) is 24.5. The van der Waals surface area contributed by atoms with Crippen LogP contribution in [0.3, 0.4) is 0 Å². The highest BCUT2D eigenvalue weighted by molar-refractivity contribution is 5.76. The third-order valence-corrected chi connectivity index (χ3v) is 11.6. The number of unbranched alkanes of at least 4 members (excludes halogenated alkanes) is 36. The summed E-state index contributed by atoms with van der Waals surface area (Å²) in [6.07, 6.45) is 53.9. The Morgan fingerprint density at radius 1 is 0.463 bits per heavy atom. The first-order valence-electron chi connectivity index (χ1n) is 24.5. The average molecular weight is 764 g/mol. The maximum Gasteiger partial charge on any atom is 0.222 e. The van der Waals surface area contributed by atoms with Gasteiger partial charge in [-0.3, -0.25) is 4.79 Å². The minimum Gasteiger partial charge on any atom is -0.394 e. The van der Waals surface area contributed by atoms with E-state index in [4.69, 9.17) is 0 Å². The Balaban J connectivity index is 3.48. The Kier molecular flexibility index (Phi) is 44.0. The fraction of sp³-hybridized carbons (Fsp3) is 0.939. The van der Waals surface area contributed by atoms with E-state index in [9.17, 15) is 20.1 Å². The molecule has 5 nitrogen and oxygen atoms in total. The first kappa shape index (κ1) is 53.1. The zero-order valence-corrected chi connectivity index (χ0v) is 36.6. The molecule has 0 bridgehead atoms. The van der Waals surface area contributed by atoms with E-state index in [0.29, 0.717) is 6.42 Å². The van der Waals surface area contributed by atoms with E-state index in [1.165, 1.54) is 218 Å². The van der Waals surface area contributed by atoms with Gasteiger partial charge < -0.3 is 20.6 Å². The van der Waals surface area contributed by atoms with Crippen molar-refractivity contribution in [2.45, 2.75) is 289 Å². The molecular formula is C49H97NO4. The Labute approximate surface area is 338 Å².